The first kappa shape index (κ1) is 21.9. The maximum absolute atomic E-state index is 5.59. The molecule has 0 bridgehead atoms. The Morgan fingerprint density at radius 3 is 2.89 bits per heavy atom. The Hall–Kier alpha value is -1.39. The Kier molecular flexibility index (Phi) is 9.29. The van der Waals surface area contributed by atoms with Crippen molar-refractivity contribution in [1.29, 1.82) is 0 Å². The van der Waals surface area contributed by atoms with Crippen molar-refractivity contribution in [2.24, 2.45) is 4.99 Å². The summed E-state index contributed by atoms with van der Waals surface area (Å²) in [5.41, 5.74) is 2.37. The largest absolute Gasteiger partial charge is 0.375 e. The summed E-state index contributed by atoms with van der Waals surface area (Å²) >= 11 is 1.70. The molecule has 27 heavy (non-hydrogen) atoms. The van der Waals surface area contributed by atoms with E-state index in [0.717, 1.165) is 43.6 Å². The number of aliphatic imine (C=N–C) groups is 1. The van der Waals surface area contributed by atoms with Gasteiger partial charge in [0, 0.05) is 32.4 Å². The number of thiophene rings is 1. The fourth-order valence-corrected chi connectivity index (χ4v) is 3.48. The van der Waals surface area contributed by atoms with Crippen LogP contribution in [0.1, 0.15) is 25.0 Å². The van der Waals surface area contributed by atoms with Crippen LogP contribution in [0.3, 0.4) is 0 Å². The topological polar surface area (TPSA) is 61.8 Å². The van der Waals surface area contributed by atoms with E-state index in [-0.39, 0.29) is 30.1 Å². The van der Waals surface area contributed by atoms with Gasteiger partial charge in [-0.15, -0.1) is 24.0 Å². The van der Waals surface area contributed by atoms with E-state index in [9.17, 15) is 0 Å². The average molecular weight is 501 g/mol. The van der Waals surface area contributed by atoms with Crippen LogP contribution >= 0.6 is 35.3 Å². The van der Waals surface area contributed by atoms with E-state index in [1.165, 1.54) is 5.56 Å². The first-order valence-electron chi connectivity index (χ1n) is 9.09. The van der Waals surface area contributed by atoms with Gasteiger partial charge in [0.25, 0.3) is 0 Å². The van der Waals surface area contributed by atoms with Gasteiger partial charge in [-0.05, 0) is 47.9 Å². The molecule has 0 aliphatic carbocycles. The molecule has 0 aromatic carbocycles. The molecule has 1 atom stereocenters. The second kappa shape index (κ2) is 11.5. The highest BCUT2D eigenvalue weighted by molar-refractivity contribution is 14.0. The molecular formula is C19H28IN5OS. The lowest BCUT2D eigenvalue weighted by Gasteiger charge is -2.32. The molecule has 2 N–H and O–H groups in total. The number of ether oxygens (including phenoxy) is 1. The number of aromatic nitrogens is 1. The molecule has 0 radical (unpaired) electrons. The van der Waals surface area contributed by atoms with Gasteiger partial charge in [-0.2, -0.15) is 11.3 Å². The van der Waals surface area contributed by atoms with Gasteiger partial charge in [0.15, 0.2) is 5.96 Å². The molecule has 2 aromatic heterocycles. The summed E-state index contributed by atoms with van der Waals surface area (Å²) in [6, 6.07) is 6.31. The highest BCUT2D eigenvalue weighted by atomic mass is 127. The van der Waals surface area contributed by atoms with Crippen molar-refractivity contribution >= 4 is 47.1 Å². The van der Waals surface area contributed by atoms with Crippen molar-refractivity contribution in [3.63, 3.8) is 0 Å². The van der Waals surface area contributed by atoms with E-state index >= 15 is 0 Å². The second-order valence-electron chi connectivity index (χ2n) is 6.33. The van der Waals surface area contributed by atoms with Gasteiger partial charge >= 0.3 is 0 Å². The zero-order valence-electron chi connectivity index (χ0n) is 15.9. The summed E-state index contributed by atoms with van der Waals surface area (Å²) in [5, 5.41) is 10.9. The maximum Gasteiger partial charge on any atom is 0.191 e. The normalized spacial score (nSPS) is 17.3. The highest BCUT2D eigenvalue weighted by Gasteiger charge is 2.17. The van der Waals surface area contributed by atoms with Crippen molar-refractivity contribution in [2.75, 3.05) is 31.1 Å². The molecule has 0 spiro atoms. The minimum atomic E-state index is 0. The van der Waals surface area contributed by atoms with Crippen LogP contribution in [0, 0.1) is 0 Å². The standard InChI is InChI=1S/C19H27N5OS.HI/c1-3-20-19(23-12-17-6-9-26-14-17)22-11-16-4-5-18(21-10-16)24-7-8-25-15(2)13-24;/h4-6,9-10,14-15H,3,7-8,11-13H2,1-2H3,(H2,20,22,23);1H. The summed E-state index contributed by atoms with van der Waals surface area (Å²) in [4.78, 5) is 11.5. The Bertz CT molecular complexity index is 693. The lowest BCUT2D eigenvalue weighted by molar-refractivity contribution is 0.0529. The van der Waals surface area contributed by atoms with Crippen molar-refractivity contribution in [1.82, 2.24) is 15.6 Å². The minimum Gasteiger partial charge on any atom is -0.375 e. The molecule has 6 nitrogen and oxygen atoms in total. The van der Waals surface area contributed by atoms with E-state index in [0.29, 0.717) is 13.1 Å². The van der Waals surface area contributed by atoms with Crippen molar-refractivity contribution in [2.45, 2.75) is 33.0 Å². The smallest absolute Gasteiger partial charge is 0.191 e. The highest BCUT2D eigenvalue weighted by Crippen LogP contribution is 2.15. The number of hydrogen-bond donors (Lipinski definition) is 2. The molecule has 1 saturated heterocycles. The van der Waals surface area contributed by atoms with Gasteiger partial charge in [0.1, 0.15) is 5.82 Å². The number of hydrogen-bond acceptors (Lipinski definition) is 5. The van der Waals surface area contributed by atoms with Gasteiger partial charge in [0.2, 0.25) is 0 Å². The monoisotopic (exact) mass is 501 g/mol. The van der Waals surface area contributed by atoms with E-state index in [1.807, 2.05) is 6.20 Å². The van der Waals surface area contributed by atoms with Gasteiger partial charge in [-0.3, -0.25) is 0 Å². The van der Waals surface area contributed by atoms with Gasteiger partial charge < -0.3 is 20.3 Å². The quantitative estimate of drug-likeness (QED) is 0.362. The van der Waals surface area contributed by atoms with E-state index in [4.69, 9.17) is 4.74 Å². The van der Waals surface area contributed by atoms with Crippen LogP contribution in [0.25, 0.3) is 0 Å². The molecule has 1 aliphatic rings. The summed E-state index contributed by atoms with van der Waals surface area (Å²) in [6.07, 6.45) is 2.19. The third-order valence-corrected chi connectivity index (χ3v) is 4.91. The Morgan fingerprint density at radius 2 is 2.22 bits per heavy atom. The molecule has 0 amide bonds. The number of pyridine rings is 1. The zero-order valence-corrected chi connectivity index (χ0v) is 19.0. The number of morpholine rings is 1. The zero-order chi connectivity index (χ0) is 18.2. The van der Waals surface area contributed by atoms with Crippen LogP contribution in [-0.2, 0) is 17.8 Å². The molecule has 8 heteroatoms. The first-order valence-corrected chi connectivity index (χ1v) is 10.0. The number of rotatable bonds is 6. The SMILES string of the molecule is CCNC(=NCc1ccsc1)NCc1ccc(N2CCOC(C)C2)nc1.I. The van der Waals surface area contributed by atoms with Gasteiger partial charge in [-0.25, -0.2) is 9.98 Å². The molecule has 148 valence electrons. The summed E-state index contributed by atoms with van der Waals surface area (Å²) in [6.45, 7) is 8.94. The fourth-order valence-electron chi connectivity index (χ4n) is 2.82. The van der Waals surface area contributed by atoms with Crippen molar-refractivity contribution < 1.29 is 4.74 Å². The Labute approximate surface area is 182 Å². The second-order valence-corrected chi connectivity index (χ2v) is 7.11. The number of nitrogens with zero attached hydrogens (tertiary/aromatic N) is 3. The van der Waals surface area contributed by atoms with Gasteiger partial charge in [-0.1, -0.05) is 6.07 Å². The molecule has 1 fully saturated rings. The minimum absolute atomic E-state index is 0. The molecule has 1 aliphatic heterocycles. The third-order valence-electron chi connectivity index (χ3n) is 4.18. The predicted molar refractivity (Wildman–Crippen MR) is 123 cm³/mol. The number of anilines is 1. The molecule has 3 heterocycles. The van der Waals surface area contributed by atoms with Gasteiger partial charge in [0.05, 0.1) is 19.3 Å². The molecule has 0 saturated carbocycles. The van der Waals surface area contributed by atoms with E-state index in [1.54, 1.807) is 11.3 Å². The number of halogens is 1. The predicted octanol–water partition coefficient (Wildman–Crippen LogP) is 3.24. The first-order chi connectivity index (χ1) is 12.7. The molecule has 3 rings (SSSR count). The number of nitrogens with one attached hydrogen (secondary N) is 2. The third kappa shape index (κ3) is 6.93. The van der Waals surface area contributed by atoms with Crippen LogP contribution in [0.4, 0.5) is 5.82 Å². The van der Waals surface area contributed by atoms with Crippen LogP contribution in [-0.4, -0.2) is 43.3 Å². The molecule has 1 unspecified atom stereocenters. The summed E-state index contributed by atoms with van der Waals surface area (Å²) in [5.74, 6) is 1.84. The van der Waals surface area contributed by atoms with Crippen molar-refractivity contribution in [3.8, 4) is 0 Å². The average Bonchev–Trinajstić information content (AvgIpc) is 3.18. The lowest BCUT2D eigenvalue weighted by atomic mass is 10.2. The molecule has 2 aromatic rings. The lowest BCUT2D eigenvalue weighted by Crippen LogP contribution is -2.41. The summed E-state index contributed by atoms with van der Waals surface area (Å²) in [7, 11) is 0. The Balaban J connectivity index is 0.00000261. The van der Waals surface area contributed by atoms with Crippen molar-refractivity contribution in [3.05, 3.63) is 46.3 Å². The summed E-state index contributed by atoms with van der Waals surface area (Å²) < 4.78 is 5.59. The van der Waals surface area contributed by atoms with Crippen LogP contribution in [0.2, 0.25) is 0 Å². The van der Waals surface area contributed by atoms with Crippen LogP contribution < -0.4 is 15.5 Å². The molecular weight excluding hydrogens is 473 g/mol. The van der Waals surface area contributed by atoms with Crippen LogP contribution in [0.15, 0.2) is 40.1 Å². The Morgan fingerprint density at radius 1 is 1.33 bits per heavy atom. The fraction of sp³-hybridized carbons (Fsp3) is 0.474. The van der Waals surface area contributed by atoms with E-state index in [2.05, 4.69) is 68.3 Å². The van der Waals surface area contributed by atoms with Crippen LogP contribution in [0.5, 0.6) is 0 Å². The number of guanidine groups is 1. The van der Waals surface area contributed by atoms with E-state index < -0.39 is 0 Å². The maximum atomic E-state index is 5.59.